The zero-order valence-electron chi connectivity index (χ0n) is 9.73. The number of pyridine rings is 1. The Hall–Kier alpha value is -0.940. The van der Waals surface area contributed by atoms with Crippen LogP contribution in [-0.2, 0) is 6.54 Å². The molecule has 88 valence electrons. The standard InChI is InChI=1S/C14H15IN2/c1-11(13-6-8-16-9-7-13)17-10-12-2-4-14(15)5-3-12/h2-9,11,17H,10H2,1H3/t11-/m1/s1. The molecule has 1 N–H and O–H groups in total. The summed E-state index contributed by atoms with van der Waals surface area (Å²) in [7, 11) is 0. The molecule has 0 saturated heterocycles. The first-order valence-corrected chi connectivity index (χ1v) is 6.71. The molecule has 1 aromatic heterocycles. The zero-order chi connectivity index (χ0) is 12.1. The van der Waals surface area contributed by atoms with Crippen LogP contribution in [0.25, 0.3) is 0 Å². The highest BCUT2D eigenvalue weighted by Crippen LogP contribution is 2.12. The largest absolute Gasteiger partial charge is 0.306 e. The van der Waals surface area contributed by atoms with E-state index in [4.69, 9.17) is 0 Å². The molecule has 17 heavy (non-hydrogen) atoms. The summed E-state index contributed by atoms with van der Waals surface area (Å²) >= 11 is 2.32. The molecule has 0 aliphatic carbocycles. The molecule has 0 amide bonds. The average molecular weight is 338 g/mol. The molecule has 0 unspecified atom stereocenters. The predicted octanol–water partition coefficient (Wildman–Crippen LogP) is 3.54. The Kier molecular flexibility index (Phi) is 4.50. The van der Waals surface area contributed by atoms with Gasteiger partial charge in [-0.15, -0.1) is 0 Å². The number of benzene rings is 1. The Bertz CT molecular complexity index is 453. The van der Waals surface area contributed by atoms with E-state index in [1.165, 1.54) is 14.7 Å². The van der Waals surface area contributed by atoms with Crippen LogP contribution in [-0.4, -0.2) is 4.98 Å². The molecule has 1 heterocycles. The molecule has 0 aliphatic heterocycles. The van der Waals surface area contributed by atoms with Crippen molar-refractivity contribution in [3.8, 4) is 0 Å². The summed E-state index contributed by atoms with van der Waals surface area (Å²) in [6.07, 6.45) is 3.66. The van der Waals surface area contributed by atoms with Crippen molar-refractivity contribution in [1.29, 1.82) is 0 Å². The quantitative estimate of drug-likeness (QED) is 0.863. The number of nitrogens with zero attached hydrogens (tertiary/aromatic N) is 1. The van der Waals surface area contributed by atoms with E-state index in [1.807, 2.05) is 24.5 Å². The topological polar surface area (TPSA) is 24.9 Å². The van der Waals surface area contributed by atoms with Gasteiger partial charge < -0.3 is 5.32 Å². The number of aromatic nitrogens is 1. The van der Waals surface area contributed by atoms with Crippen LogP contribution in [0, 0.1) is 3.57 Å². The van der Waals surface area contributed by atoms with Crippen molar-refractivity contribution in [2.45, 2.75) is 19.5 Å². The van der Waals surface area contributed by atoms with Crippen molar-refractivity contribution in [1.82, 2.24) is 10.3 Å². The van der Waals surface area contributed by atoms with Gasteiger partial charge >= 0.3 is 0 Å². The van der Waals surface area contributed by atoms with E-state index in [-0.39, 0.29) is 0 Å². The van der Waals surface area contributed by atoms with E-state index in [2.05, 4.69) is 64.1 Å². The van der Waals surface area contributed by atoms with Gasteiger partial charge in [0.1, 0.15) is 0 Å². The number of hydrogen-bond donors (Lipinski definition) is 1. The molecule has 0 bridgehead atoms. The predicted molar refractivity (Wildman–Crippen MR) is 78.7 cm³/mol. The molecule has 0 radical (unpaired) electrons. The lowest BCUT2D eigenvalue weighted by atomic mass is 10.1. The SMILES string of the molecule is C[C@@H](NCc1ccc(I)cc1)c1ccncc1. The summed E-state index contributed by atoms with van der Waals surface area (Å²) in [4.78, 5) is 4.03. The lowest BCUT2D eigenvalue weighted by molar-refractivity contribution is 0.574. The first-order valence-electron chi connectivity index (χ1n) is 5.63. The van der Waals surface area contributed by atoms with Crippen LogP contribution in [0.2, 0.25) is 0 Å². The minimum atomic E-state index is 0.345. The average Bonchev–Trinajstić information content (AvgIpc) is 2.39. The van der Waals surface area contributed by atoms with Crippen LogP contribution >= 0.6 is 22.6 Å². The van der Waals surface area contributed by atoms with Crippen molar-refractivity contribution in [3.63, 3.8) is 0 Å². The van der Waals surface area contributed by atoms with E-state index >= 15 is 0 Å². The van der Waals surface area contributed by atoms with Crippen molar-refractivity contribution < 1.29 is 0 Å². The number of nitrogens with one attached hydrogen (secondary N) is 1. The molecular weight excluding hydrogens is 323 g/mol. The van der Waals surface area contributed by atoms with E-state index < -0.39 is 0 Å². The second kappa shape index (κ2) is 6.12. The highest BCUT2D eigenvalue weighted by Gasteiger charge is 2.03. The lowest BCUT2D eigenvalue weighted by Gasteiger charge is -2.14. The van der Waals surface area contributed by atoms with E-state index in [0.29, 0.717) is 6.04 Å². The second-order valence-corrected chi connectivity index (χ2v) is 5.26. The lowest BCUT2D eigenvalue weighted by Crippen LogP contribution is -2.17. The van der Waals surface area contributed by atoms with E-state index in [1.54, 1.807) is 0 Å². The van der Waals surface area contributed by atoms with Gasteiger partial charge in [-0.25, -0.2) is 0 Å². The van der Waals surface area contributed by atoms with Crippen LogP contribution in [0.5, 0.6) is 0 Å². The molecule has 0 aliphatic rings. The van der Waals surface area contributed by atoms with Gasteiger partial charge in [0.2, 0.25) is 0 Å². The summed E-state index contributed by atoms with van der Waals surface area (Å²) in [5.74, 6) is 0. The van der Waals surface area contributed by atoms with Crippen molar-refractivity contribution in [3.05, 3.63) is 63.5 Å². The monoisotopic (exact) mass is 338 g/mol. The summed E-state index contributed by atoms with van der Waals surface area (Å²) in [6, 6.07) is 13.0. The fourth-order valence-electron chi connectivity index (χ4n) is 1.64. The minimum Gasteiger partial charge on any atom is -0.306 e. The van der Waals surface area contributed by atoms with Crippen molar-refractivity contribution >= 4 is 22.6 Å². The van der Waals surface area contributed by atoms with Gasteiger partial charge in [0.25, 0.3) is 0 Å². The molecule has 0 spiro atoms. The summed E-state index contributed by atoms with van der Waals surface area (Å²) in [5.41, 5.74) is 2.58. The third-order valence-corrected chi connectivity index (χ3v) is 3.45. The van der Waals surface area contributed by atoms with Gasteiger partial charge in [-0.05, 0) is 64.9 Å². The van der Waals surface area contributed by atoms with E-state index in [9.17, 15) is 0 Å². The highest BCUT2D eigenvalue weighted by molar-refractivity contribution is 14.1. The van der Waals surface area contributed by atoms with E-state index in [0.717, 1.165) is 6.54 Å². The molecule has 0 fully saturated rings. The normalized spacial score (nSPS) is 12.4. The van der Waals surface area contributed by atoms with Crippen molar-refractivity contribution in [2.24, 2.45) is 0 Å². The molecule has 2 nitrogen and oxygen atoms in total. The smallest absolute Gasteiger partial charge is 0.0296 e. The van der Waals surface area contributed by atoms with Crippen molar-refractivity contribution in [2.75, 3.05) is 0 Å². The van der Waals surface area contributed by atoms with Gasteiger partial charge in [-0.2, -0.15) is 0 Å². The third kappa shape index (κ3) is 3.78. The summed E-state index contributed by atoms with van der Waals surface area (Å²) in [6.45, 7) is 3.06. The maximum atomic E-state index is 4.03. The number of rotatable bonds is 4. The van der Waals surface area contributed by atoms with Crippen LogP contribution in [0.1, 0.15) is 24.1 Å². The Morgan fingerprint density at radius 3 is 2.41 bits per heavy atom. The van der Waals surface area contributed by atoms with Crippen LogP contribution in [0.4, 0.5) is 0 Å². The summed E-state index contributed by atoms with van der Waals surface area (Å²) < 4.78 is 1.27. The maximum Gasteiger partial charge on any atom is 0.0296 e. The molecule has 3 heteroatoms. The molecule has 1 aromatic carbocycles. The molecule has 1 atom stereocenters. The van der Waals surface area contributed by atoms with Gasteiger partial charge in [0.05, 0.1) is 0 Å². The summed E-state index contributed by atoms with van der Waals surface area (Å²) in [5, 5.41) is 3.50. The fourth-order valence-corrected chi connectivity index (χ4v) is 2.00. The van der Waals surface area contributed by atoms with Crippen LogP contribution in [0.3, 0.4) is 0 Å². The highest BCUT2D eigenvalue weighted by atomic mass is 127. The molecular formula is C14H15IN2. The first kappa shape index (κ1) is 12.5. The molecule has 0 saturated carbocycles. The maximum absolute atomic E-state index is 4.03. The first-order chi connectivity index (χ1) is 8.25. The van der Waals surface area contributed by atoms with Gasteiger partial charge in [0, 0.05) is 28.6 Å². The van der Waals surface area contributed by atoms with Gasteiger partial charge in [-0.3, -0.25) is 4.98 Å². The Morgan fingerprint density at radius 1 is 1.12 bits per heavy atom. The Labute approximate surface area is 116 Å². The van der Waals surface area contributed by atoms with Crippen LogP contribution in [0.15, 0.2) is 48.8 Å². The number of hydrogen-bond acceptors (Lipinski definition) is 2. The zero-order valence-corrected chi connectivity index (χ0v) is 11.9. The third-order valence-electron chi connectivity index (χ3n) is 2.73. The Balaban J connectivity index is 1.92. The van der Waals surface area contributed by atoms with Crippen LogP contribution < -0.4 is 5.32 Å². The number of halogens is 1. The Morgan fingerprint density at radius 2 is 1.76 bits per heavy atom. The minimum absolute atomic E-state index is 0.345. The molecule has 2 aromatic rings. The molecule has 2 rings (SSSR count). The van der Waals surface area contributed by atoms with Gasteiger partial charge in [-0.1, -0.05) is 12.1 Å². The second-order valence-electron chi connectivity index (χ2n) is 4.01. The van der Waals surface area contributed by atoms with Gasteiger partial charge in [0.15, 0.2) is 0 Å². The fraction of sp³-hybridized carbons (Fsp3) is 0.214.